The van der Waals surface area contributed by atoms with Gasteiger partial charge in [-0.05, 0) is 19.1 Å². The van der Waals surface area contributed by atoms with Crippen LogP contribution in [0.25, 0.3) is 22.2 Å². The molecule has 1 aromatic heterocycles. The number of carbonyl (C=O) groups excluding carboxylic acids is 1. The average Bonchev–Trinajstić information content (AvgIpc) is 2.58. The van der Waals surface area contributed by atoms with Crippen LogP contribution in [-0.2, 0) is 0 Å². The molecule has 0 bridgehead atoms. The summed E-state index contributed by atoms with van der Waals surface area (Å²) in [5, 5.41) is 0.806. The number of rotatable bonds is 2. The number of hydrogen-bond donors (Lipinski definition) is 0. The molecule has 1 fully saturated rings. The summed E-state index contributed by atoms with van der Waals surface area (Å²) in [5.74, 6) is -0.129. The maximum atomic E-state index is 13.1. The van der Waals surface area contributed by atoms with Crippen LogP contribution < -0.4 is 0 Å². The van der Waals surface area contributed by atoms with Crippen molar-refractivity contribution in [3.63, 3.8) is 0 Å². The van der Waals surface area contributed by atoms with Crippen molar-refractivity contribution < 1.29 is 9.18 Å². The molecular formula is C20H17FN2O. The van der Waals surface area contributed by atoms with E-state index in [1.54, 1.807) is 4.90 Å². The quantitative estimate of drug-likeness (QED) is 0.715. The third kappa shape index (κ3) is 2.54. The van der Waals surface area contributed by atoms with Crippen molar-refractivity contribution in [2.45, 2.75) is 13.1 Å². The molecule has 120 valence electrons. The fourth-order valence-electron chi connectivity index (χ4n) is 2.99. The fourth-order valence-corrected chi connectivity index (χ4v) is 2.99. The van der Waals surface area contributed by atoms with Crippen LogP contribution in [-0.4, -0.2) is 35.1 Å². The third-order valence-corrected chi connectivity index (χ3v) is 4.42. The maximum absolute atomic E-state index is 13.1. The van der Waals surface area contributed by atoms with Gasteiger partial charge in [0, 0.05) is 10.9 Å². The summed E-state index contributed by atoms with van der Waals surface area (Å²) in [6.07, 6.45) is -0.904. The van der Waals surface area contributed by atoms with Gasteiger partial charge in [0.1, 0.15) is 6.17 Å². The lowest BCUT2D eigenvalue weighted by molar-refractivity contribution is 0.0402. The van der Waals surface area contributed by atoms with Crippen LogP contribution in [0.4, 0.5) is 4.39 Å². The molecule has 0 atom stereocenters. The van der Waals surface area contributed by atoms with E-state index >= 15 is 0 Å². The molecule has 1 aliphatic rings. The van der Waals surface area contributed by atoms with E-state index in [2.05, 4.69) is 0 Å². The summed E-state index contributed by atoms with van der Waals surface area (Å²) in [7, 11) is 0. The summed E-state index contributed by atoms with van der Waals surface area (Å²) < 4.78 is 13.1. The highest BCUT2D eigenvalue weighted by molar-refractivity contribution is 6.07. The molecule has 1 saturated heterocycles. The Morgan fingerprint density at radius 3 is 2.54 bits per heavy atom. The van der Waals surface area contributed by atoms with Crippen LogP contribution in [0.2, 0.25) is 0 Å². The molecule has 0 saturated carbocycles. The number of para-hydroxylation sites is 1. The predicted octanol–water partition coefficient (Wildman–Crippen LogP) is 4.00. The zero-order valence-corrected chi connectivity index (χ0v) is 13.4. The molecule has 0 unspecified atom stereocenters. The van der Waals surface area contributed by atoms with Gasteiger partial charge in [0.05, 0.1) is 29.9 Å². The van der Waals surface area contributed by atoms with E-state index in [1.165, 1.54) is 5.56 Å². The Balaban J connectivity index is 1.84. The number of aryl methyl sites for hydroxylation is 1. The second-order valence-corrected chi connectivity index (χ2v) is 6.25. The smallest absolute Gasteiger partial charge is 0.254 e. The lowest BCUT2D eigenvalue weighted by atomic mass is 10.0. The molecule has 0 aliphatic carbocycles. The number of amides is 1. The molecule has 0 radical (unpaired) electrons. The Morgan fingerprint density at radius 2 is 1.83 bits per heavy atom. The number of pyridine rings is 1. The van der Waals surface area contributed by atoms with E-state index in [-0.39, 0.29) is 19.0 Å². The first kappa shape index (κ1) is 14.8. The summed E-state index contributed by atoms with van der Waals surface area (Å²) in [6, 6.07) is 17.5. The van der Waals surface area contributed by atoms with Crippen LogP contribution in [0.3, 0.4) is 0 Å². The van der Waals surface area contributed by atoms with Crippen LogP contribution in [0, 0.1) is 6.92 Å². The second kappa shape index (κ2) is 5.71. The molecule has 1 aliphatic heterocycles. The van der Waals surface area contributed by atoms with Crippen LogP contribution in [0.1, 0.15) is 15.9 Å². The number of carbonyl (C=O) groups is 1. The predicted molar refractivity (Wildman–Crippen MR) is 92.7 cm³/mol. The number of likely N-dealkylation sites (tertiary alicyclic amines) is 1. The van der Waals surface area contributed by atoms with Crippen molar-refractivity contribution in [3.8, 4) is 11.3 Å². The number of alkyl halides is 1. The minimum atomic E-state index is -0.904. The van der Waals surface area contributed by atoms with Crippen molar-refractivity contribution in [1.82, 2.24) is 9.88 Å². The highest BCUT2D eigenvalue weighted by atomic mass is 19.1. The van der Waals surface area contributed by atoms with E-state index in [0.29, 0.717) is 5.56 Å². The molecule has 0 spiro atoms. The molecule has 2 aromatic carbocycles. The van der Waals surface area contributed by atoms with Gasteiger partial charge in [0.15, 0.2) is 0 Å². The maximum Gasteiger partial charge on any atom is 0.254 e. The van der Waals surface area contributed by atoms with Gasteiger partial charge in [0.2, 0.25) is 0 Å². The topological polar surface area (TPSA) is 33.2 Å². The molecule has 3 nitrogen and oxygen atoms in total. The van der Waals surface area contributed by atoms with Gasteiger partial charge >= 0.3 is 0 Å². The Kier molecular flexibility index (Phi) is 3.53. The van der Waals surface area contributed by atoms with Crippen molar-refractivity contribution in [3.05, 3.63) is 65.7 Å². The minimum Gasteiger partial charge on any atom is -0.333 e. The van der Waals surface area contributed by atoms with Crippen LogP contribution >= 0.6 is 0 Å². The highest BCUT2D eigenvalue weighted by Gasteiger charge is 2.32. The van der Waals surface area contributed by atoms with E-state index in [4.69, 9.17) is 4.98 Å². The van der Waals surface area contributed by atoms with E-state index in [9.17, 15) is 9.18 Å². The van der Waals surface area contributed by atoms with Gasteiger partial charge in [-0.3, -0.25) is 4.79 Å². The Labute approximate surface area is 139 Å². The van der Waals surface area contributed by atoms with Crippen molar-refractivity contribution in [2.75, 3.05) is 13.1 Å². The van der Waals surface area contributed by atoms with E-state index < -0.39 is 6.17 Å². The van der Waals surface area contributed by atoms with Gasteiger partial charge in [-0.1, -0.05) is 48.0 Å². The first-order valence-electron chi connectivity index (χ1n) is 8.02. The molecular weight excluding hydrogens is 303 g/mol. The largest absolute Gasteiger partial charge is 0.333 e. The van der Waals surface area contributed by atoms with Crippen molar-refractivity contribution >= 4 is 16.8 Å². The average molecular weight is 320 g/mol. The monoisotopic (exact) mass is 320 g/mol. The zero-order valence-electron chi connectivity index (χ0n) is 13.4. The Morgan fingerprint density at radius 1 is 1.12 bits per heavy atom. The van der Waals surface area contributed by atoms with E-state index in [1.807, 2.05) is 61.5 Å². The molecule has 24 heavy (non-hydrogen) atoms. The van der Waals surface area contributed by atoms with Gasteiger partial charge in [0.25, 0.3) is 5.91 Å². The minimum absolute atomic E-state index is 0.129. The normalized spacial score (nSPS) is 14.7. The van der Waals surface area contributed by atoms with Gasteiger partial charge < -0.3 is 4.90 Å². The Bertz CT molecular complexity index is 915. The number of hydrogen-bond acceptors (Lipinski definition) is 2. The van der Waals surface area contributed by atoms with Gasteiger partial charge in [-0.15, -0.1) is 0 Å². The number of nitrogens with zero attached hydrogens (tertiary/aromatic N) is 2. The molecule has 4 heteroatoms. The first-order chi connectivity index (χ1) is 11.6. The third-order valence-electron chi connectivity index (χ3n) is 4.42. The van der Waals surface area contributed by atoms with Crippen molar-refractivity contribution in [2.24, 2.45) is 0 Å². The molecule has 2 heterocycles. The summed E-state index contributed by atoms with van der Waals surface area (Å²) >= 11 is 0. The van der Waals surface area contributed by atoms with Crippen molar-refractivity contribution in [1.29, 1.82) is 0 Å². The number of benzene rings is 2. The lowest BCUT2D eigenvalue weighted by Crippen LogP contribution is -2.51. The summed E-state index contributed by atoms with van der Waals surface area (Å²) in [4.78, 5) is 19.0. The van der Waals surface area contributed by atoms with Gasteiger partial charge in [-0.2, -0.15) is 0 Å². The summed E-state index contributed by atoms with van der Waals surface area (Å²) in [5.41, 5.74) is 4.26. The van der Waals surface area contributed by atoms with E-state index in [0.717, 1.165) is 22.2 Å². The highest BCUT2D eigenvalue weighted by Crippen LogP contribution is 2.27. The Hall–Kier alpha value is -2.75. The number of fused-ring (bicyclic) bond motifs is 1. The molecule has 1 amide bonds. The fraction of sp³-hybridized carbons (Fsp3) is 0.200. The van der Waals surface area contributed by atoms with Gasteiger partial charge in [-0.25, -0.2) is 9.37 Å². The van der Waals surface area contributed by atoms with Crippen LogP contribution in [0.5, 0.6) is 0 Å². The SMILES string of the molecule is Cc1ccc(-c2cc(C(=O)N3CC(F)C3)c3ccccc3n2)cc1. The summed E-state index contributed by atoms with van der Waals surface area (Å²) in [6.45, 7) is 2.38. The lowest BCUT2D eigenvalue weighted by Gasteiger charge is -2.34. The standard InChI is InChI=1S/C20H17FN2O/c1-13-6-8-14(9-7-13)19-10-17(20(24)23-11-15(21)12-23)16-4-2-3-5-18(16)22-19/h2-10,15H,11-12H2,1H3. The molecule has 4 rings (SSSR count). The second-order valence-electron chi connectivity index (χ2n) is 6.25. The zero-order chi connectivity index (χ0) is 16.7. The van der Waals surface area contributed by atoms with Crippen LogP contribution in [0.15, 0.2) is 54.6 Å². The first-order valence-corrected chi connectivity index (χ1v) is 8.02. The number of halogens is 1. The number of aromatic nitrogens is 1. The molecule has 3 aromatic rings. The molecule has 0 N–H and O–H groups in total.